The lowest BCUT2D eigenvalue weighted by atomic mass is 10.1. The summed E-state index contributed by atoms with van der Waals surface area (Å²) in [5.41, 5.74) is 15.1. The van der Waals surface area contributed by atoms with E-state index >= 15 is 0 Å². The summed E-state index contributed by atoms with van der Waals surface area (Å²) in [7, 11) is 0. The Kier molecular flexibility index (Phi) is 16.2. The summed E-state index contributed by atoms with van der Waals surface area (Å²) in [4.78, 5) is 50.7. The maximum Gasteiger partial charge on any atom is 0.326 e. The summed E-state index contributed by atoms with van der Waals surface area (Å²) in [5.74, 6) is -3.16. The summed E-state index contributed by atoms with van der Waals surface area (Å²) < 4.78 is 26.4. The molecule has 4 amide bonds. The minimum absolute atomic E-state index is 0.0547. The molecule has 11 nitrogen and oxygen atoms in total. The van der Waals surface area contributed by atoms with Gasteiger partial charge in [-0.2, -0.15) is 0 Å². The molecule has 0 aromatic carbocycles. The van der Waals surface area contributed by atoms with Crippen molar-refractivity contribution >= 4 is 107 Å². The zero-order chi connectivity index (χ0) is 38.2. The van der Waals surface area contributed by atoms with E-state index in [1.165, 1.54) is 0 Å². The predicted octanol–water partition coefficient (Wildman–Crippen LogP) is 9.56. The van der Waals surface area contributed by atoms with Crippen molar-refractivity contribution < 1.29 is 23.2 Å². The van der Waals surface area contributed by atoms with Gasteiger partial charge >= 0.3 is 6.03 Å². The number of aromatic nitrogens is 4. The van der Waals surface area contributed by atoms with Crippen LogP contribution in [0.15, 0.2) is 33.5 Å². The summed E-state index contributed by atoms with van der Waals surface area (Å²) in [6, 6.07) is 2.85. The lowest BCUT2D eigenvalue weighted by molar-refractivity contribution is 0.0963. The van der Waals surface area contributed by atoms with E-state index in [1.54, 1.807) is 25.4 Å². The molecule has 0 saturated heterocycles. The minimum Gasteiger partial charge on any atom is -0.397 e. The molecule has 268 valence electrons. The van der Waals surface area contributed by atoms with Crippen LogP contribution in [-0.4, -0.2) is 37.8 Å². The number of anilines is 2. The van der Waals surface area contributed by atoms with E-state index in [0.29, 0.717) is 17.3 Å². The Balaban J connectivity index is 0.000000299. The van der Waals surface area contributed by atoms with Crippen LogP contribution in [0.2, 0.25) is 20.6 Å². The molecule has 0 bridgehead atoms. The van der Waals surface area contributed by atoms with Crippen molar-refractivity contribution in [2.24, 2.45) is 5.73 Å². The number of carbonyl (C=O) groups is 3. The summed E-state index contributed by atoms with van der Waals surface area (Å²) in [6.45, 7) is 11.8. The average Bonchev–Trinajstić information content (AvgIpc) is 3.01. The smallest absolute Gasteiger partial charge is 0.326 e. The Hall–Kier alpha value is -3.21. The SMILES string of the molecule is Cc1ccnc(C(C)C)c1N.Cc1ccnc(C(C)C)c1NC(=O)NC(=O)c1c(Cl)nc(Cl)c(F)c1Br.NC(=O)c1c(Cl)nc(Cl)c(F)c1Br. The third kappa shape index (κ3) is 10.9. The molecule has 4 aromatic heterocycles. The molecule has 0 saturated carbocycles. The van der Waals surface area contributed by atoms with Crippen LogP contribution in [0.4, 0.5) is 25.0 Å². The summed E-state index contributed by atoms with van der Waals surface area (Å²) in [5, 5.41) is 3.20. The maximum atomic E-state index is 13.8. The third-order valence-corrected chi connectivity index (χ3v) is 8.99. The van der Waals surface area contributed by atoms with Crippen molar-refractivity contribution in [2.45, 2.75) is 53.4 Å². The van der Waals surface area contributed by atoms with E-state index in [9.17, 15) is 23.2 Å². The van der Waals surface area contributed by atoms with Crippen molar-refractivity contribution in [3.63, 3.8) is 0 Å². The molecule has 4 rings (SSSR count). The average molecular weight is 902 g/mol. The number of nitrogens with two attached hydrogens (primary N) is 2. The Morgan fingerprint density at radius 1 is 0.760 bits per heavy atom. The van der Waals surface area contributed by atoms with Crippen LogP contribution < -0.4 is 22.1 Å². The van der Waals surface area contributed by atoms with Gasteiger partial charge in [0.15, 0.2) is 21.9 Å². The quantitative estimate of drug-likeness (QED) is 0.143. The number of rotatable bonds is 5. The van der Waals surface area contributed by atoms with Gasteiger partial charge in [0.1, 0.15) is 10.3 Å². The molecule has 0 fully saturated rings. The van der Waals surface area contributed by atoms with Crippen LogP contribution in [0.5, 0.6) is 0 Å². The van der Waals surface area contributed by atoms with Gasteiger partial charge in [0.25, 0.3) is 11.8 Å². The fourth-order valence-corrected chi connectivity index (χ4v) is 6.47. The van der Waals surface area contributed by atoms with Crippen molar-refractivity contribution in [3.05, 3.63) is 99.4 Å². The highest BCUT2D eigenvalue weighted by atomic mass is 79.9. The molecule has 0 unspecified atom stereocenters. The van der Waals surface area contributed by atoms with E-state index in [1.807, 2.05) is 26.8 Å². The number of hydrogen-bond donors (Lipinski definition) is 4. The van der Waals surface area contributed by atoms with Gasteiger partial charge in [0, 0.05) is 12.4 Å². The van der Waals surface area contributed by atoms with Crippen molar-refractivity contribution in [1.29, 1.82) is 0 Å². The van der Waals surface area contributed by atoms with Gasteiger partial charge in [0.2, 0.25) is 0 Å². The van der Waals surface area contributed by atoms with Crippen LogP contribution >= 0.6 is 78.3 Å². The second-order valence-electron chi connectivity index (χ2n) is 10.8. The number of aryl methyl sites for hydroxylation is 2. The summed E-state index contributed by atoms with van der Waals surface area (Å²) in [6.07, 6.45) is 3.44. The number of primary amides is 1. The van der Waals surface area contributed by atoms with Crippen LogP contribution in [0.25, 0.3) is 0 Å². The number of urea groups is 1. The molecule has 0 atom stereocenters. The van der Waals surface area contributed by atoms with E-state index in [0.717, 1.165) is 22.5 Å². The number of hydrogen-bond acceptors (Lipinski definition) is 8. The van der Waals surface area contributed by atoms with E-state index in [2.05, 4.69) is 76.3 Å². The van der Waals surface area contributed by atoms with E-state index < -0.39 is 39.8 Å². The molecule has 19 heteroatoms. The molecule has 0 aliphatic rings. The second kappa shape index (κ2) is 18.9. The maximum absolute atomic E-state index is 13.8. The fourth-order valence-electron chi connectivity index (χ4n) is 3.91. The first kappa shape index (κ1) is 43.0. The van der Waals surface area contributed by atoms with Gasteiger partial charge in [-0.25, -0.2) is 23.5 Å². The monoisotopic (exact) mass is 898 g/mol. The number of nitrogens with zero attached hydrogens (tertiary/aromatic N) is 4. The highest BCUT2D eigenvalue weighted by Crippen LogP contribution is 2.31. The molecule has 0 spiro atoms. The first-order valence-electron chi connectivity index (χ1n) is 14.2. The lowest BCUT2D eigenvalue weighted by Gasteiger charge is -2.15. The zero-order valence-electron chi connectivity index (χ0n) is 27.2. The molecule has 4 heterocycles. The number of imide groups is 1. The van der Waals surface area contributed by atoms with Crippen molar-refractivity contribution in [1.82, 2.24) is 25.3 Å². The largest absolute Gasteiger partial charge is 0.397 e. The molecule has 6 N–H and O–H groups in total. The number of halogens is 8. The van der Waals surface area contributed by atoms with Gasteiger partial charge in [-0.15, -0.1) is 0 Å². The second-order valence-corrected chi connectivity index (χ2v) is 13.8. The third-order valence-electron chi connectivity index (χ3n) is 6.45. The number of pyridine rings is 4. The topological polar surface area (TPSA) is 179 Å². The van der Waals surface area contributed by atoms with Crippen molar-refractivity contribution in [3.8, 4) is 0 Å². The molecule has 0 radical (unpaired) electrons. The predicted molar refractivity (Wildman–Crippen MR) is 199 cm³/mol. The van der Waals surface area contributed by atoms with Crippen molar-refractivity contribution in [2.75, 3.05) is 11.1 Å². The molecular weight excluding hydrogens is 872 g/mol. The normalized spacial score (nSPS) is 10.6. The molecule has 0 aliphatic carbocycles. The highest BCUT2D eigenvalue weighted by Gasteiger charge is 2.24. The fraction of sp³-hybridized carbons (Fsp3) is 0.258. The van der Waals surface area contributed by atoms with Gasteiger partial charge in [0.05, 0.1) is 42.8 Å². The molecule has 50 heavy (non-hydrogen) atoms. The van der Waals surface area contributed by atoms with Crippen LogP contribution in [0.3, 0.4) is 0 Å². The van der Waals surface area contributed by atoms with E-state index in [4.69, 9.17) is 57.9 Å². The van der Waals surface area contributed by atoms with Gasteiger partial charge in [-0.1, -0.05) is 74.1 Å². The Labute approximate surface area is 323 Å². The zero-order valence-corrected chi connectivity index (χ0v) is 33.4. The number of amides is 4. The van der Waals surface area contributed by atoms with Gasteiger partial charge < -0.3 is 16.8 Å². The molecule has 4 aromatic rings. The molecular formula is C31H30Br2Cl4F2N8O3. The first-order valence-corrected chi connectivity index (χ1v) is 17.3. The van der Waals surface area contributed by atoms with E-state index in [-0.39, 0.29) is 36.3 Å². The Morgan fingerprint density at radius 3 is 1.66 bits per heavy atom. The standard InChI is InChI=1S/C16H14BrCl2FN4O2.C9H14N2.C6H2BrCl2FN2O/c1-6(2)11-12(7(3)4-5-21-11)22-16(26)24-15(25)8-9(17)10(20)14(19)23-13(8)18;1-6(2)9-8(10)7(3)4-5-11-9;7-2-1(6(11)13)4(8)12-5(9)3(2)10/h4-6H,1-3H3,(H2,22,24,25,26);4-6H,10H2,1-3H3;(H2,11,13). The number of nitrogen functional groups attached to an aromatic ring is 1. The first-order chi connectivity index (χ1) is 23.2. The number of carbonyl (C=O) groups excluding carboxylic acids is 3. The van der Waals surface area contributed by atoms with Gasteiger partial charge in [-0.05, 0) is 80.8 Å². The van der Waals surface area contributed by atoms with Crippen LogP contribution in [-0.2, 0) is 0 Å². The summed E-state index contributed by atoms with van der Waals surface area (Å²) >= 11 is 27.9. The van der Waals surface area contributed by atoms with Crippen LogP contribution in [0, 0.1) is 25.5 Å². The lowest BCUT2D eigenvalue weighted by Crippen LogP contribution is -2.35. The van der Waals surface area contributed by atoms with Gasteiger partial charge in [-0.3, -0.25) is 24.9 Å². The highest BCUT2D eigenvalue weighted by molar-refractivity contribution is 9.10. The Bertz CT molecular complexity index is 1940. The minimum atomic E-state index is -0.952. The van der Waals surface area contributed by atoms with Crippen LogP contribution in [0.1, 0.15) is 82.8 Å². The Morgan fingerprint density at radius 2 is 1.20 bits per heavy atom. The molecule has 0 aliphatic heterocycles. The number of nitrogens with one attached hydrogen (secondary N) is 2.